The maximum atomic E-state index is 13.7. The zero-order chi connectivity index (χ0) is 30.6. The average molecular weight is 622 g/mol. The van der Waals surface area contributed by atoms with Gasteiger partial charge in [-0.25, -0.2) is 0 Å². The molecule has 43 heavy (non-hydrogen) atoms. The maximum Gasteiger partial charge on any atom is 0.416 e. The first-order chi connectivity index (χ1) is 20.5. The minimum absolute atomic E-state index is 0.0519. The van der Waals surface area contributed by atoms with Gasteiger partial charge >= 0.3 is 12.4 Å². The number of hydrogen-bond acceptors (Lipinski definition) is 4. The smallest absolute Gasteiger partial charge is 0.333 e. The summed E-state index contributed by atoms with van der Waals surface area (Å²) >= 11 is 1.95. The normalized spacial score (nSPS) is 19.4. The molecule has 0 aliphatic carbocycles. The van der Waals surface area contributed by atoms with Crippen LogP contribution in [-0.2, 0) is 18.8 Å². The van der Waals surface area contributed by atoms with E-state index in [-0.39, 0.29) is 12.6 Å². The van der Waals surface area contributed by atoms with Crippen molar-refractivity contribution in [1.29, 1.82) is 0 Å². The zero-order valence-corrected chi connectivity index (χ0v) is 24.3. The summed E-state index contributed by atoms with van der Waals surface area (Å²) in [5, 5.41) is 2.06. The second-order valence-electron chi connectivity index (χ2n) is 11.0. The lowest BCUT2D eigenvalue weighted by atomic mass is 9.97. The molecule has 0 unspecified atom stereocenters. The molecule has 11 heteroatoms. The van der Waals surface area contributed by atoms with E-state index in [1.807, 2.05) is 54.2 Å². The molecule has 1 amide bonds. The van der Waals surface area contributed by atoms with Crippen LogP contribution in [0.4, 0.5) is 26.3 Å². The SMILES string of the molecule is O=C(c1cc(C(F)(F)F)cc(C(F)(F)F)c1)N1CCN(C/C=C/CN2CCSCC2)C[C@H]1Cc1ccc2ccccc2c1. The fourth-order valence-corrected chi connectivity index (χ4v) is 6.62. The first-order valence-electron chi connectivity index (χ1n) is 14.2. The van der Waals surface area contributed by atoms with Gasteiger partial charge in [-0.2, -0.15) is 38.1 Å². The number of piperazine rings is 1. The van der Waals surface area contributed by atoms with Crippen molar-refractivity contribution < 1.29 is 31.1 Å². The summed E-state index contributed by atoms with van der Waals surface area (Å²) in [6, 6.07) is 14.4. The Bertz CT molecular complexity index is 1420. The van der Waals surface area contributed by atoms with Gasteiger partial charge in [0.1, 0.15) is 0 Å². The van der Waals surface area contributed by atoms with Gasteiger partial charge in [0.2, 0.25) is 0 Å². The minimum Gasteiger partial charge on any atom is -0.333 e. The molecule has 0 N–H and O–H groups in total. The van der Waals surface area contributed by atoms with Crippen LogP contribution in [0.2, 0.25) is 0 Å². The van der Waals surface area contributed by atoms with Crippen LogP contribution in [0.15, 0.2) is 72.8 Å². The van der Waals surface area contributed by atoms with E-state index in [9.17, 15) is 31.1 Å². The Kier molecular flexibility index (Phi) is 9.73. The summed E-state index contributed by atoms with van der Waals surface area (Å²) in [5.74, 6) is 1.41. The van der Waals surface area contributed by atoms with E-state index in [4.69, 9.17) is 0 Å². The number of amides is 1. The number of halogens is 6. The van der Waals surface area contributed by atoms with Crippen molar-refractivity contribution in [2.45, 2.75) is 24.8 Å². The Labute approximate surface area is 251 Å². The highest BCUT2D eigenvalue weighted by atomic mass is 32.2. The minimum atomic E-state index is -5.03. The molecule has 2 aliphatic rings. The van der Waals surface area contributed by atoms with Crippen LogP contribution in [-0.4, -0.2) is 84.0 Å². The van der Waals surface area contributed by atoms with Gasteiger partial charge in [-0.15, -0.1) is 0 Å². The third kappa shape index (κ3) is 8.13. The number of alkyl halides is 6. The fourth-order valence-electron chi connectivity index (χ4n) is 5.64. The molecule has 0 bridgehead atoms. The van der Waals surface area contributed by atoms with Crippen LogP contribution in [0.1, 0.15) is 27.0 Å². The molecule has 0 aromatic heterocycles. The highest BCUT2D eigenvalue weighted by Gasteiger charge is 2.39. The summed E-state index contributed by atoms with van der Waals surface area (Å²) < 4.78 is 81.3. The molecule has 230 valence electrons. The number of carbonyl (C=O) groups excluding carboxylic acids is 1. The van der Waals surface area contributed by atoms with Gasteiger partial charge in [-0.05, 0) is 41.0 Å². The van der Waals surface area contributed by atoms with Crippen LogP contribution in [0.25, 0.3) is 10.8 Å². The second-order valence-corrected chi connectivity index (χ2v) is 12.2. The molecule has 0 spiro atoms. The van der Waals surface area contributed by atoms with Gasteiger partial charge in [0.25, 0.3) is 5.91 Å². The molecule has 2 heterocycles. The molecule has 0 radical (unpaired) electrons. The van der Waals surface area contributed by atoms with E-state index in [0.29, 0.717) is 38.2 Å². The lowest BCUT2D eigenvalue weighted by Crippen LogP contribution is -2.56. The van der Waals surface area contributed by atoms with Crippen molar-refractivity contribution in [3.8, 4) is 0 Å². The summed E-state index contributed by atoms with van der Waals surface area (Å²) in [6.45, 7) is 4.68. The molecular weight excluding hydrogens is 588 g/mol. The number of rotatable bonds is 7. The maximum absolute atomic E-state index is 13.7. The highest BCUT2D eigenvalue weighted by Crippen LogP contribution is 2.37. The van der Waals surface area contributed by atoms with Crippen LogP contribution in [0.5, 0.6) is 0 Å². The number of thioether (sulfide) groups is 1. The Balaban J connectivity index is 1.38. The Morgan fingerprint density at radius 1 is 0.767 bits per heavy atom. The van der Waals surface area contributed by atoms with Crippen LogP contribution < -0.4 is 0 Å². The van der Waals surface area contributed by atoms with Gasteiger partial charge in [0, 0.05) is 68.9 Å². The Morgan fingerprint density at radius 2 is 1.40 bits per heavy atom. The van der Waals surface area contributed by atoms with Gasteiger partial charge in [0.05, 0.1) is 11.1 Å². The van der Waals surface area contributed by atoms with Crippen LogP contribution in [0, 0.1) is 0 Å². The standard InChI is InChI=1S/C32H33F6N3OS/c33-31(34,35)27-19-26(20-28(21-27)32(36,37)38)30(42)41-12-11-40(10-4-3-9-39-13-15-43-16-14-39)22-29(41)18-23-7-8-24-5-1-2-6-25(24)17-23/h1-8,17,19-21,29H,9-16,18,22H2/b4-3+/t29-/m1/s1. The third-order valence-corrected chi connectivity index (χ3v) is 8.89. The summed E-state index contributed by atoms with van der Waals surface area (Å²) in [5.41, 5.74) is -2.67. The lowest BCUT2D eigenvalue weighted by molar-refractivity contribution is -0.143. The Morgan fingerprint density at radius 3 is 2.05 bits per heavy atom. The first kappa shape index (κ1) is 31.4. The molecule has 0 saturated carbocycles. The summed E-state index contributed by atoms with van der Waals surface area (Å²) in [4.78, 5) is 19.7. The molecular formula is C32H33F6N3OS. The van der Waals surface area contributed by atoms with Gasteiger partial charge in [-0.3, -0.25) is 14.6 Å². The van der Waals surface area contributed by atoms with E-state index < -0.39 is 41.0 Å². The molecule has 2 saturated heterocycles. The van der Waals surface area contributed by atoms with Crippen LogP contribution >= 0.6 is 11.8 Å². The zero-order valence-electron chi connectivity index (χ0n) is 23.5. The van der Waals surface area contributed by atoms with Crippen molar-refractivity contribution in [1.82, 2.24) is 14.7 Å². The number of fused-ring (bicyclic) bond motifs is 1. The number of carbonyl (C=O) groups is 1. The molecule has 4 nitrogen and oxygen atoms in total. The number of benzene rings is 3. The second kappa shape index (κ2) is 13.3. The van der Waals surface area contributed by atoms with Crippen molar-refractivity contribution in [2.75, 3.05) is 57.3 Å². The lowest BCUT2D eigenvalue weighted by Gasteiger charge is -2.41. The summed E-state index contributed by atoms with van der Waals surface area (Å²) in [7, 11) is 0. The summed E-state index contributed by atoms with van der Waals surface area (Å²) in [6.07, 6.45) is -5.42. The van der Waals surface area contributed by atoms with E-state index >= 15 is 0 Å². The fraction of sp³-hybridized carbons (Fsp3) is 0.406. The van der Waals surface area contributed by atoms with Gasteiger partial charge < -0.3 is 4.90 Å². The predicted octanol–water partition coefficient (Wildman–Crippen LogP) is 6.85. The first-order valence-corrected chi connectivity index (χ1v) is 15.4. The van der Waals surface area contributed by atoms with E-state index in [2.05, 4.69) is 22.0 Å². The van der Waals surface area contributed by atoms with E-state index in [1.54, 1.807) is 0 Å². The van der Waals surface area contributed by atoms with Crippen molar-refractivity contribution >= 4 is 28.4 Å². The van der Waals surface area contributed by atoms with Gasteiger partial charge in [0.15, 0.2) is 0 Å². The number of nitrogens with zero attached hydrogens (tertiary/aromatic N) is 3. The molecule has 2 aliphatic heterocycles. The third-order valence-electron chi connectivity index (χ3n) is 7.95. The number of hydrogen-bond donors (Lipinski definition) is 0. The monoisotopic (exact) mass is 621 g/mol. The van der Waals surface area contributed by atoms with E-state index in [1.165, 1.54) is 4.90 Å². The molecule has 3 aromatic rings. The van der Waals surface area contributed by atoms with Crippen molar-refractivity contribution in [3.05, 3.63) is 95.1 Å². The van der Waals surface area contributed by atoms with E-state index in [0.717, 1.165) is 47.5 Å². The average Bonchev–Trinajstić information content (AvgIpc) is 2.98. The van der Waals surface area contributed by atoms with Gasteiger partial charge in [-0.1, -0.05) is 54.6 Å². The molecule has 2 fully saturated rings. The quantitative estimate of drug-likeness (QED) is 0.213. The highest BCUT2D eigenvalue weighted by molar-refractivity contribution is 7.99. The Hall–Kier alpha value is -3.02. The largest absolute Gasteiger partial charge is 0.416 e. The predicted molar refractivity (Wildman–Crippen MR) is 158 cm³/mol. The molecule has 3 aromatic carbocycles. The van der Waals surface area contributed by atoms with Crippen LogP contribution in [0.3, 0.4) is 0 Å². The van der Waals surface area contributed by atoms with Crippen molar-refractivity contribution in [2.24, 2.45) is 0 Å². The van der Waals surface area contributed by atoms with Crippen molar-refractivity contribution in [3.63, 3.8) is 0 Å². The topological polar surface area (TPSA) is 26.8 Å². The molecule has 5 rings (SSSR count). The molecule has 1 atom stereocenters.